The van der Waals surface area contributed by atoms with E-state index in [4.69, 9.17) is 0 Å². The summed E-state index contributed by atoms with van der Waals surface area (Å²) in [5.74, 6) is 0.988. The van der Waals surface area contributed by atoms with Gasteiger partial charge in [0.25, 0.3) is 0 Å². The number of nitrogens with zero attached hydrogens (tertiary/aromatic N) is 1. The van der Waals surface area contributed by atoms with Gasteiger partial charge in [0.05, 0.1) is 0 Å². The molecule has 0 saturated carbocycles. The molecule has 1 amide bonds. The van der Waals surface area contributed by atoms with Crippen LogP contribution in [-0.4, -0.2) is 17.4 Å². The van der Waals surface area contributed by atoms with Crippen LogP contribution in [0.15, 0.2) is 5.16 Å². The van der Waals surface area contributed by atoms with Crippen LogP contribution >= 0.6 is 11.8 Å². The highest BCUT2D eigenvalue weighted by atomic mass is 32.2. The maximum Gasteiger partial charge on any atom is 0.430 e. The van der Waals surface area contributed by atoms with E-state index in [0.717, 1.165) is 18.6 Å². The summed E-state index contributed by atoms with van der Waals surface area (Å²) < 4.78 is 0. The maximum absolute atomic E-state index is 9.97. The fraction of sp³-hybridized carbons (Fsp3) is 0.667. The molecule has 5 heteroatoms. The van der Waals surface area contributed by atoms with E-state index < -0.39 is 6.09 Å². The number of carbonyl (C=O) groups excluding carboxylic acids is 1. The zero-order valence-electron chi connectivity index (χ0n) is 6.45. The Morgan fingerprint density at radius 3 is 3.09 bits per heavy atom. The Morgan fingerprint density at radius 1 is 1.82 bits per heavy atom. The summed E-state index contributed by atoms with van der Waals surface area (Å²) in [4.78, 5) is 14.1. The van der Waals surface area contributed by atoms with Crippen molar-refractivity contribution in [3.63, 3.8) is 0 Å². The molecule has 0 radical (unpaired) electrons. The molecule has 0 rings (SSSR count). The number of hydrogen-bond donors (Lipinski definition) is 1. The number of thioether (sulfide) groups is 1. The predicted molar refractivity (Wildman–Crippen MR) is 46.5 cm³/mol. The van der Waals surface area contributed by atoms with Crippen LogP contribution in [0.4, 0.5) is 4.79 Å². The average molecular weight is 176 g/mol. The summed E-state index contributed by atoms with van der Waals surface area (Å²) >= 11 is 1.50. The molecule has 0 aromatic rings. The van der Waals surface area contributed by atoms with E-state index in [2.05, 4.69) is 22.7 Å². The largest absolute Gasteiger partial charge is 0.430 e. The van der Waals surface area contributed by atoms with Gasteiger partial charge >= 0.3 is 6.09 Å². The highest BCUT2D eigenvalue weighted by Crippen LogP contribution is 1.99. The van der Waals surface area contributed by atoms with Gasteiger partial charge in [-0.2, -0.15) is 0 Å². The lowest BCUT2D eigenvalue weighted by atomic mass is 10.4. The van der Waals surface area contributed by atoms with Crippen molar-refractivity contribution >= 4 is 23.4 Å². The van der Waals surface area contributed by atoms with Gasteiger partial charge in [0.15, 0.2) is 0 Å². The van der Waals surface area contributed by atoms with Gasteiger partial charge in [-0.15, -0.1) is 11.8 Å². The van der Waals surface area contributed by atoms with Crippen LogP contribution in [0.2, 0.25) is 0 Å². The van der Waals surface area contributed by atoms with E-state index in [1.54, 1.807) is 0 Å². The Kier molecular flexibility index (Phi) is 6.92. The van der Waals surface area contributed by atoms with Crippen molar-refractivity contribution in [2.75, 3.05) is 5.75 Å². The first-order valence-electron chi connectivity index (χ1n) is 3.37. The summed E-state index contributed by atoms with van der Waals surface area (Å²) in [5.41, 5.74) is 6.12. The molecule has 0 aromatic carbocycles. The molecule has 4 nitrogen and oxygen atoms in total. The van der Waals surface area contributed by atoms with Crippen LogP contribution in [0.1, 0.15) is 19.8 Å². The van der Waals surface area contributed by atoms with Crippen LogP contribution in [0, 0.1) is 0 Å². The van der Waals surface area contributed by atoms with Crippen molar-refractivity contribution in [2.24, 2.45) is 10.9 Å². The Hall–Kier alpha value is -0.710. The van der Waals surface area contributed by atoms with Gasteiger partial charge in [-0.1, -0.05) is 18.5 Å². The van der Waals surface area contributed by atoms with E-state index in [1.807, 2.05) is 0 Å². The molecule has 0 atom stereocenters. The number of rotatable bonds is 5. The van der Waals surface area contributed by atoms with Gasteiger partial charge in [-0.05, 0) is 12.2 Å². The minimum atomic E-state index is -0.877. The highest BCUT2D eigenvalue weighted by molar-refractivity contribution is 8.12. The summed E-state index contributed by atoms with van der Waals surface area (Å²) in [6, 6.07) is 0. The second kappa shape index (κ2) is 7.40. The molecule has 0 aliphatic carbocycles. The standard InChI is InChI=1S/C6H12N2O2S/c1-2-3-4-11-5-8-10-6(7)9/h5H,2-4H2,1H3,(H2,7,9). The number of hydrogen-bond acceptors (Lipinski definition) is 4. The van der Waals surface area contributed by atoms with Gasteiger partial charge in [0, 0.05) is 0 Å². The second-order valence-electron chi connectivity index (χ2n) is 1.85. The molecule has 0 fully saturated rings. The van der Waals surface area contributed by atoms with Gasteiger partial charge in [0.2, 0.25) is 0 Å². The quantitative estimate of drug-likeness (QED) is 0.227. The molecule has 64 valence electrons. The monoisotopic (exact) mass is 176 g/mol. The van der Waals surface area contributed by atoms with E-state index in [-0.39, 0.29) is 0 Å². The highest BCUT2D eigenvalue weighted by Gasteiger charge is 1.87. The van der Waals surface area contributed by atoms with Crippen LogP contribution in [0.5, 0.6) is 0 Å². The Morgan fingerprint density at radius 2 is 2.55 bits per heavy atom. The van der Waals surface area contributed by atoms with E-state index in [0.29, 0.717) is 0 Å². The van der Waals surface area contributed by atoms with Gasteiger partial charge in [-0.25, -0.2) is 4.79 Å². The van der Waals surface area contributed by atoms with Crippen LogP contribution in [0.25, 0.3) is 0 Å². The first-order chi connectivity index (χ1) is 5.27. The van der Waals surface area contributed by atoms with Gasteiger partial charge < -0.3 is 5.73 Å². The van der Waals surface area contributed by atoms with E-state index in [1.165, 1.54) is 17.3 Å². The summed E-state index contributed by atoms with van der Waals surface area (Å²) in [6.07, 6.45) is 1.41. The van der Waals surface area contributed by atoms with Crippen molar-refractivity contribution < 1.29 is 9.63 Å². The second-order valence-corrected chi connectivity index (χ2v) is 2.80. The minimum absolute atomic E-state index is 0.877. The zero-order chi connectivity index (χ0) is 8.53. The molecular formula is C6H12N2O2S. The number of amides is 1. The lowest BCUT2D eigenvalue weighted by Gasteiger charge is -1.90. The van der Waals surface area contributed by atoms with Crippen molar-refractivity contribution in [3.8, 4) is 0 Å². The molecule has 0 spiro atoms. The molecule has 0 bridgehead atoms. The van der Waals surface area contributed by atoms with Crippen molar-refractivity contribution in [1.82, 2.24) is 0 Å². The summed E-state index contributed by atoms with van der Waals surface area (Å²) in [5, 5.41) is 3.31. The first-order valence-corrected chi connectivity index (χ1v) is 4.42. The normalized spacial score (nSPS) is 10.3. The van der Waals surface area contributed by atoms with Crippen molar-refractivity contribution in [3.05, 3.63) is 0 Å². The van der Waals surface area contributed by atoms with E-state index >= 15 is 0 Å². The summed E-state index contributed by atoms with van der Waals surface area (Å²) in [6.45, 7) is 2.11. The number of carbonyl (C=O) groups is 1. The Labute approximate surface area is 70.2 Å². The number of nitrogens with two attached hydrogens (primary N) is 1. The molecule has 0 aromatic heterocycles. The molecule has 0 saturated heterocycles. The lowest BCUT2D eigenvalue weighted by molar-refractivity contribution is 0.162. The Bertz CT molecular complexity index is 139. The first kappa shape index (κ1) is 10.3. The summed E-state index contributed by atoms with van der Waals surface area (Å²) in [7, 11) is 0. The topological polar surface area (TPSA) is 64.7 Å². The fourth-order valence-electron chi connectivity index (χ4n) is 0.384. The van der Waals surface area contributed by atoms with Crippen molar-refractivity contribution in [2.45, 2.75) is 19.8 Å². The van der Waals surface area contributed by atoms with E-state index in [9.17, 15) is 4.79 Å². The number of unbranched alkanes of at least 4 members (excludes halogenated alkanes) is 1. The van der Waals surface area contributed by atoms with Crippen LogP contribution < -0.4 is 5.73 Å². The zero-order valence-corrected chi connectivity index (χ0v) is 7.26. The molecule has 0 aliphatic rings. The third kappa shape index (κ3) is 9.29. The molecule has 0 aliphatic heterocycles. The molecule has 11 heavy (non-hydrogen) atoms. The van der Waals surface area contributed by atoms with Crippen LogP contribution in [-0.2, 0) is 4.84 Å². The molecule has 0 unspecified atom stereocenters. The SMILES string of the molecule is CCCCSC=NOC(N)=O. The third-order valence-electron chi connectivity index (χ3n) is 0.876. The Balaban J connectivity index is 3.10. The smallest absolute Gasteiger partial charge is 0.333 e. The molecule has 0 heterocycles. The average Bonchev–Trinajstić information content (AvgIpc) is 1.96. The maximum atomic E-state index is 9.97. The molecule has 2 N–H and O–H groups in total. The fourth-order valence-corrected chi connectivity index (χ4v) is 1.05. The molecular weight excluding hydrogens is 164 g/mol. The lowest BCUT2D eigenvalue weighted by Crippen LogP contribution is -2.08. The van der Waals surface area contributed by atoms with Crippen LogP contribution in [0.3, 0.4) is 0 Å². The number of oxime groups is 1. The van der Waals surface area contributed by atoms with Gasteiger partial charge in [0.1, 0.15) is 5.55 Å². The third-order valence-corrected chi connectivity index (χ3v) is 1.64. The predicted octanol–water partition coefficient (Wildman–Crippen LogP) is 1.56. The number of primary amides is 1. The van der Waals surface area contributed by atoms with Crippen molar-refractivity contribution in [1.29, 1.82) is 0 Å². The van der Waals surface area contributed by atoms with Gasteiger partial charge in [-0.3, -0.25) is 4.84 Å². The minimum Gasteiger partial charge on any atom is -0.333 e.